The van der Waals surface area contributed by atoms with Crippen LogP contribution in [-0.2, 0) is 11.3 Å². The molecule has 1 aromatic heterocycles. The van der Waals surface area contributed by atoms with Crippen molar-refractivity contribution in [3.05, 3.63) is 65.7 Å². The Balaban J connectivity index is 1.64. The van der Waals surface area contributed by atoms with Crippen molar-refractivity contribution in [3.63, 3.8) is 0 Å². The van der Waals surface area contributed by atoms with Crippen molar-refractivity contribution in [2.24, 2.45) is 4.99 Å². The summed E-state index contributed by atoms with van der Waals surface area (Å²) in [7, 11) is 0. The molecule has 0 amide bonds. The van der Waals surface area contributed by atoms with Crippen molar-refractivity contribution in [2.75, 3.05) is 0 Å². The first-order valence-electron chi connectivity index (χ1n) is 9.61. The highest BCUT2D eigenvalue weighted by Gasteiger charge is 2.17. The number of carbonyl (C=O) groups is 1. The fourth-order valence-electron chi connectivity index (χ4n) is 3.03. The van der Waals surface area contributed by atoms with E-state index < -0.39 is 5.97 Å². The normalized spacial score (nSPS) is 11.7. The number of hydrogen-bond donors (Lipinski definition) is 1. The number of carboxylic acid groups (broad SMARTS) is 1. The van der Waals surface area contributed by atoms with Crippen LogP contribution in [0, 0.1) is 0 Å². The van der Waals surface area contributed by atoms with E-state index in [1.165, 1.54) is 15.2 Å². The highest BCUT2D eigenvalue weighted by Crippen LogP contribution is 2.21. The fourth-order valence-corrected chi connectivity index (χ4v) is 4.15. The van der Waals surface area contributed by atoms with Crippen molar-refractivity contribution in [1.29, 1.82) is 0 Å². The van der Waals surface area contributed by atoms with Crippen molar-refractivity contribution in [3.8, 4) is 0 Å². The minimum absolute atomic E-state index is 0.253. The lowest BCUT2D eigenvalue weighted by Gasteiger charge is -1.98. The Morgan fingerprint density at radius 3 is 2.64 bits per heavy atom. The molecule has 0 fully saturated rings. The first-order valence-corrected chi connectivity index (χ1v) is 10.4. The summed E-state index contributed by atoms with van der Waals surface area (Å²) in [5.74, 6) is -0.713. The predicted octanol–water partition coefficient (Wildman–Crippen LogP) is 5.64. The third-order valence-corrected chi connectivity index (χ3v) is 5.54. The predicted molar refractivity (Wildman–Crippen MR) is 116 cm³/mol. The van der Waals surface area contributed by atoms with Crippen LogP contribution >= 0.6 is 11.3 Å². The van der Waals surface area contributed by atoms with E-state index in [-0.39, 0.29) is 6.42 Å². The number of allylic oxidation sites excluding steroid dienone is 1. The smallest absolute Gasteiger partial charge is 0.303 e. The first-order chi connectivity index (χ1) is 13.7. The molecule has 1 N–H and O–H groups in total. The standard InChI is InChI=1S/C23H24N2O2S/c26-23(27)16-5-2-10-18-25-20-13-6-7-14-21(20)28-22(25)15-8-9-17-24-19-11-3-1-4-12-19/h1,3-4,6-8,11-15,17H,2,5,9-10,16,18H2/p+1. The van der Waals surface area contributed by atoms with Crippen molar-refractivity contribution < 1.29 is 14.5 Å². The highest BCUT2D eigenvalue weighted by molar-refractivity contribution is 7.18. The Hall–Kier alpha value is -2.79. The molecular formula is C23H25N2O2S+. The fraction of sp³-hybridized carbons (Fsp3) is 0.261. The van der Waals surface area contributed by atoms with Gasteiger partial charge in [-0.3, -0.25) is 9.79 Å². The molecule has 0 radical (unpaired) electrons. The van der Waals surface area contributed by atoms with Gasteiger partial charge in [-0.1, -0.05) is 47.7 Å². The lowest BCUT2D eigenvalue weighted by Crippen LogP contribution is -2.35. The number of rotatable bonds is 10. The van der Waals surface area contributed by atoms with Crippen molar-refractivity contribution in [1.82, 2.24) is 0 Å². The van der Waals surface area contributed by atoms with Gasteiger partial charge in [-0.05, 0) is 31.0 Å². The number of hydrogen-bond acceptors (Lipinski definition) is 3. The van der Waals surface area contributed by atoms with E-state index >= 15 is 0 Å². The van der Waals surface area contributed by atoms with E-state index in [0.29, 0.717) is 0 Å². The molecular weight excluding hydrogens is 368 g/mol. The summed E-state index contributed by atoms with van der Waals surface area (Å²) in [6.07, 6.45) is 9.90. The van der Waals surface area contributed by atoms with Crippen LogP contribution in [0.2, 0.25) is 0 Å². The molecule has 3 aromatic rings. The average molecular weight is 394 g/mol. The molecule has 0 spiro atoms. The third-order valence-electron chi connectivity index (χ3n) is 4.41. The first kappa shape index (κ1) is 20.0. The van der Waals surface area contributed by atoms with E-state index in [1.807, 2.05) is 36.5 Å². The number of benzene rings is 2. The maximum atomic E-state index is 10.7. The van der Waals surface area contributed by atoms with Gasteiger partial charge in [0.1, 0.15) is 4.70 Å². The molecule has 0 aliphatic carbocycles. The number of aryl methyl sites for hydroxylation is 1. The van der Waals surface area contributed by atoms with Crippen LogP contribution in [0.25, 0.3) is 16.3 Å². The van der Waals surface area contributed by atoms with Gasteiger partial charge < -0.3 is 5.11 Å². The van der Waals surface area contributed by atoms with Gasteiger partial charge in [0.05, 0.1) is 5.69 Å². The summed E-state index contributed by atoms with van der Waals surface area (Å²) in [6, 6.07) is 18.4. The Labute approximate surface area is 169 Å². The highest BCUT2D eigenvalue weighted by atomic mass is 32.1. The molecule has 0 unspecified atom stereocenters. The van der Waals surface area contributed by atoms with Crippen LogP contribution in [0.5, 0.6) is 0 Å². The molecule has 4 nitrogen and oxygen atoms in total. The number of aliphatic carboxylic acids is 1. The quantitative estimate of drug-likeness (QED) is 0.275. The largest absolute Gasteiger partial charge is 0.481 e. The van der Waals surface area contributed by atoms with Gasteiger partial charge in [0.25, 0.3) is 5.01 Å². The Kier molecular flexibility index (Phi) is 7.50. The van der Waals surface area contributed by atoms with Gasteiger partial charge in [0.15, 0.2) is 6.54 Å². The van der Waals surface area contributed by atoms with Crippen LogP contribution in [0.15, 0.2) is 65.7 Å². The lowest BCUT2D eigenvalue weighted by atomic mass is 10.2. The third kappa shape index (κ3) is 5.86. The van der Waals surface area contributed by atoms with Crippen LogP contribution in [-0.4, -0.2) is 17.3 Å². The number of aliphatic imine (C=N–C) groups is 1. The van der Waals surface area contributed by atoms with E-state index in [9.17, 15) is 4.79 Å². The molecule has 0 saturated heterocycles. The van der Waals surface area contributed by atoms with Gasteiger partial charge in [-0.25, -0.2) is 0 Å². The summed E-state index contributed by atoms with van der Waals surface area (Å²) in [4.78, 5) is 15.1. The van der Waals surface area contributed by atoms with Crippen molar-refractivity contribution in [2.45, 2.75) is 38.6 Å². The maximum absolute atomic E-state index is 10.7. The number of thiazole rings is 1. The second-order valence-electron chi connectivity index (χ2n) is 6.55. The van der Waals surface area contributed by atoms with E-state index in [4.69, 9.17) is 5.11 Å². The Morgan fingerprint density at radius 1 is 1.04 bits per heavy atom. The molecule has 0 aliphatic heterocycles. The number of nitrogens with zero attached hydrogens (tertiary/aromatic N) is 2. The van der Waals surface area contributed by atoms with Gasteiger partial charge in [0.2, 0.25) is 5.52 Å². The molecule has 1 heterocycles. The van der Waals surface area contributed by atoms with E-state index in [1.54, 1.807) is 11.3 Å². The SMILES string of the molecule is O=C(O)CCCCC[n+]1c(C=CCC=Nc2ccccc2)sc2ccccc21. The Morgan fingerprint density at radius 2 is 1.82 bits per heavy atom. The monoisotopic (exact) mass is 393 g/mol. The minimum atomic E-state index is -0.713. The number of unbranched alkanes of at least 4 members (excludes halogenated alkanes) is 2. The zero-order chi connectivity index (χ0) is 19.6. The van der Waals surface area contributed by atoms with Gasteiger partial charge in [0, 0.05) is 37.6 Å². The topological polar surface area (TPSA) is 53.5 Å². The molecule has 0 bridgehead atoms. The summed E-state index contributed by atoms with van der Waals surface area (Å²) in [5, 5.41) is 9.99. The summed E-state index contributed by atoms with van der Waals surface area (Å²) >= 11 is 1.78. The Bertz CT molecular complexity index is 961. The summed E-state index contributed by atoms with van der Waals surface area (Å²) < 4.78 is 3.61. The second-order valence-corrected chi connectivity index (χ2v) is 7.61. The molecule has 144 valence electrons. The number of carboxylic acids is 1. The summed E-state index contributed by atoms with van der Waals surface area (Å²) in [6.45, 7) is 0.904. The number of aromatic nitrogens is 1. The van der Waals surface area contributed by atoms with Crippen molar-refractivity contribution >= 4 is 45.5 Å². The average Bonchev–Trinajstić information content (AvgIpc) is 3.05. The number of para-hydroxylation sites is 2. The molecule has 0 atom stereocenters. The summed E-state index contributed by atoms with van der Waals surface area (Å²) in [5.41, 5.74) is 2.21. The van der Waals surface area contributed by atoms with Gasteiger partial charge >= 0.3 is 5.97 Å². The lowest BCUT2D eigenvalue weighted by molar-refractivity contribution is -0.669. The zero-order valence-corrected chi connectivity index (χ0v) is 16.6. The zero-order valence-electron chi connectivity index (χ0n) is 15.8. The molecule has 2 aromatic carbocycles. The van der Waals surface area contributed by atoms with E-state index in [2.05, 4.69) is 46.0 Å². The van der Waals surface area contributed by atoms with Crippen LogP contribution in [0.1, 0.15) is 37.1 Å². The van der Waals surface area contributed by atoms with Crippen LogP contribution < -0.4 is 4.57 Å². The second kappa shape index (κ2) is 10.5. The van der Waals surface area contributed by atoms with Gasteiger partial charge in [-0.2, -0.15) is 4.57 Å². The molecule has 0 saturated carbocycles. The van der Waals surface area contributed by atoms with E-state index in [0.717, 1.165) is 37.9 Å². The van der Waals surface area contributed by atoms with Gasteiger partial charge in [-0.15, -0.1) is 0 Å². The minimum Gasteiger partial charge on any atom is -0.481 e. The molecule has 0 aliphatic rings. The molecule has 5 heteroatoms. The van der Waals surface area contributed by atoms with Crippen LogP contribution in [0.3, 0.4) is 0 Å². The van der Waals surface area contributed by atoms with Crippen LogP contribution in [0.4, 0.5) is 5.69 Å². The number of fused-ring (bicyclic) bond motifs is 1. The molecule has 3 rings (SSSR count). The molecule has 28 heavy (non-hydrogen) atoms. The maximum Gasteiger partial charge on any atom is 0.303 e.